The van der Waals surface area contributed by atoms with E-state index in [4.69, 9.17) is 9.84 Å². The molecule has 0 saturated carbocycles. The van der Waals surface area contributed by atoms with Crippen LogP contribution in [0.4, 0.5) is 5.69 Å². The molecule has 0 amide bonds. The Balaban J connectivity index is 2.19. The maximum absolute atomic E-state index is 10.8. The van der Waals surface area contributed by atoms with Crippen molar-refractivity contribution in [3.8, 4) is 5.75 Å². The van der Waals surface area contributed by atoms with E-state index in [0.717, 1.165) is 9.79 Å². The monoisotopic (exact) mass is 319 g/mol. The fourth-order valence-corrected chi connectivity index (χ4v) is 2.72. The first kappa shape index (κ1) is 15.8. The number of carboxylic acids is 1. The average Bonchev–Trinajstić information content (AvgIpc) is 2.49. The van der Waals surface area contributed by atoms with Crippen molar-refractivity contribution in [1.29, 1.82) is 0 Å². The summed E-state index contributed by atoms with van der Waals surface area (Å²) in [6.07, 6.45) is -0.106. The summed E-state index contributed by atoms with van der Waals surface area (Å²) in [5.41, 5.74) is 0.641. The molecule has 0 atom stereocenters. The Morgan fingerprint density at radius 3 is 2.41 bits per heavy atom. The smallest absolute Gasteiger partial charge is 0.307 e. The standard InChI is InChI=1S/C15H13NO5S/c1-21-14-9-13(5-2-10(14)8-15(17)18)22-12-6-3-11(4-7-12)16(19)20/h2-7,9H,8H2,1H3,(H,17,18). The molecule has 0 fully saturated rings. The number of ether oxygens (including phenoxy) is 1. The summed E-state index contributed by atoms with van der Waals surface area (Å²) in [4.78, 5) is 22.7. The Bertz CT molecular complexity index is 700. The molecule has 0 bridgehead atoms. The number of nitro benzene ring substituents is 1. The van der Waals surface area contributed by atoms with Crippen LogP contribution in [-0.2, 0) is 11.2 Å². The number of aliphatic carboxylic acids is 1. The topological polar surface area (TPSA) is 89.7 Å². The van der Waals surface area contributed by atoms with Gasteiger partial charge >= 0.3 is 5.97 Å². The van der Waals surface area contributed by atoms with Gasteiger partial charge in [-0.25, -0.2) is 0 Å². The second kappa shape index (κ2) is 6.95. The number of benzene rings is 2. The van der Waals surface area contributed by atoms with Crippen LogP contribution >= 0.6 is 11.8 Å². The first-order valence-electron chi connectivity index (χ1n) is 6.30. The van der Waals surface area contributed by atoms with E-state index in [2.05, 4.69) is 0 Å². The second-order valence-electron chi connectivity index (χ2n) is 4.40. The first-order chi connectivity index (χ1) is 10.5. The third-order valence-corrected chi connectivity index (χ3v) is 3.88. The normalized spacial score (nSPS) is 10.2. The van der Waals surface area contributed by atoms with Gasteiger partial charge in [-0.15, -0.1) is 0 Å². The summed E-state index contributed by atoms with van der Waals surface area (Å²) in [5, 5.41) is 19.5. The number of nitrogens with zero attached hydrogens (tertiary/aromatic N) is 1. The van der Waals surface area contributed by atoms with Gasteiger partial charge in [0.05, 0.1) is 18.5 Å². The number of carboxylic acid groups (broad SMARTS) is 1. The molecule has 0 heterocycles. The molecule has 114 valence electrons. The molecule has 0 saturated heterocycles. The minimum atomic E-state index is -0.922. The van der Waals surface area contributed by atoms with E-state index in [1.807, 2.05) is 0 Å². The number of carbonyl (C=O) groups is 1. The SMILES string of the molecule is COc1cc(Sc2ccc([N+](=O)[O-])cc2)ccc1CC(=O)O. The van der Waals surface area contributed by atoms with Gasteiger partial charge in [0.2, 0.25) is 0 Å². The predicted octanol–water partition coefficient (Wildman–Crippen LogP) is 3.38. The quantitative estimate of drug-likeness (QED) is 0.648. The number of nitro groups is 1. The van der Waals surface area contributed by atoms with Crippen LogP contribution in [0, 0.1) is 10.1 Å². The Morgan fingerprint density at radius 2 is 1.86 bits per heavy atom. The average molecular weight is 319 g/mol. The number of hydrogen-bond donors (Lipinski definition) is 1. The zero-order chi connectivity index (χ0) is 16.1. The van der Waals surface area contributed by atoms with Crippen LogP contribution in [0.1, 0.15) is 5.56 Å². The zero-order valence-electron chi connectivity index (χ0n) is 11.7. The molecule has 0 aliphatic carbocycles. The second-order valence-corrected chi connectivity index (χ2v) is 5.54. The van der Waals surface area contributed by atoms with Crippen LogP contribution in [0.15, 0.2) is 52.3 Å². The van der Waals surface area contributed by atoms with E-state index >= 15 is 0 Å². The van der Waals surface area contributed by atoms with Crippen LogP contribution in [0.25, 0.3) is 0 Å². The summed E-state index contributed by atoms with van der Waals surface area (Å²) in [7, 11) is 1.49. The molecule has 0 aromatic heterocycles. The minimum Gasteiger partial charge on any atom is -0.496 e. The highest BCUT2D eigenvalue weighted by Crippen LogP contribution is 2.32. The van der Waals surface area contributed by atoms with Crippen molar-refractivity contribution in [3.05, 3.63) is 58.1 Å². The Labute approximate surface area is 130 Å². The summed E-state index contributed by atoms with van der Waals surface area (Å²) < 4.78 is 5.21. The molecule has 0 radical (unpaired) electrons. The maximum atomic E-state index is 10.8. The fraction of sp³-hybridized carbons (Fsp3) is 0.133. The largest absolute Gasteiger partial charge is 0.496 e. The molecular weight excluding hydrogens is 306 g/mol. The van der Waals surface area contributed by atoms with Gasteiger partial charge in [0, 0.05) is 27.5 Å². The van der Waals surface area contributed by atoms with Gasteiger partial charge in [-0.1, -0.05) is 17.8 Å². The van der Waals surface area contributed by atoms with Crippen molar-refractivity contribution in [2.45, 2.75) is 16.2 Å². The number of rotatable bonds is 6. The summed E-state index contributed by atoms with van der Waals surface area (Å²) in [5.74, 6) is -0.414. The van der Waals surface area contributed by atoms with Gasteiger partial charge < -0.3 is 9.84 Å². The third kappa shape index (κ3) is 3.98. The van der Waals surface area contributed by atoms with Crippen LogP contribution < -0.4 is 4.74 Å². The molecule has 2 rings (SSSR count). The van der Waals surface area contributed by atoms with Crippen molar-refractivity contribution in [2.75, 3.05) is 7.11 Å². The van der Waals surface area contributed by atoms with Crippen molar-refractivity contribution >= 4 is 23.4 Å². The van der Waals surface area contributed by atoms with Crippen LogP contribution in [0.5, 0.6) is 5.75 Å². The maximum Gasteiger partial charge on any atom is 0.307 e. The zero-order valence-corrected chi connectivity index (χ0v) is 12.5. The fourth-order valence-electron chi connectivity index (χ4n) is 1.87. The minimum absolute atomic E-state index is 0.0405. The molecule has 0 aliphatic heterocycles. The van der Waals surface area contributed by atoms with E-state index in [1.165, 1.54) is 31.0 Å². The number of methoxy groups -OCH3 is 1. The van der Waals surface area contributed by atoms with Gasteiger partial charge in [0.1, 0.15) is 5.75 Å². The van der Waals surface area contributed by atoms with Crippen molar-refractivity contribution in [2.24, 2.45) is 0 Å². The molecule has 0 spiro atoms. The highest BCUT2D eigenvalue weighted by atomic mass is 32.2. The third-order valence-electron chi connectivity index (χ3n) is 2.88. The summed E-state index contributed by atoms with van der Waals surface area (Å²) in [6, 6.07) is 11.5. The first-order valence-corrected chi connectivity index (χ1v) is 7.12. The van der Waals surface area contributed by atoms with E-state index < -0.39 is 10.9 Å². The summed E-state index contributed by atoms with van der Waals surface area (Å²) in [6.45, 7) is 0. The van der Waals surface area contributed by atoms with Crippen molar-refractivity contribution in [3.63, 3.8) is 0 Å². The molecule has 22 heavy (non-hydrogen) atoms. The van der Waals surface area contributed by atoms with Crippen molar-refractivity contribution in [1.82, 2.24) is 0 Å². The molecule has 7 heteroatoms. The number of hydrogen-bond acceptors (Lipinski definition) is 5. The predicted molar refractivity (Wildman–Crippen MR) is 81.6 cm³/mol. The molecular formula is C15H13NO5S. The van der Waals surface area contributed by atoms with Gasteiger partial charge in [0.15, 0.2) is 0 Å². The molecule has 6 nitrogen and oxygen atoms in total. The molecule has 2 aromatic carbocycles. The molecule has 1 N–H and O–H groups in total. The Morgan fingerprint density at radius 1 is 1.23 bits per heavy atom. The van der Waals surface area contributed by atoms with E-state index in [1.54, 1.807) is 30.3 Å². The lowest BCUT2D eigenvalue weighted by Gasteiger charge is -2.09. The van der Waals surface area contributed by atoms with Crippen LogP contribution in [-0.4, -0.2) is 23.1 Å². The van der Waals surface area contributed by atoms with Crippen molar-refractivity contribution < 1.29 is 19.6 Å². The molecule has 0 aliphatic rings. The van der Waals surface area contributed by atoms with Crippen LogP contribution in [0.2, 0.25) is 0 Å². The van der Waals surface area contributed by atoms with Crippen LogP contribution in [0.3, 0.4) is 0 Å². The number of non-ortho nitro benzene ring substituents is 1. The molecule has 0 unspecified atom stereocenters. The molecule has 2 aromatic rings. The van der Waals surface area contributed by atoms with E-state index in [0.29, 0.717) is 11.3 Å². The Kier molecular flexibility index (Phi) is 5.00. The highest BCUT2D eigenvalue weighted by Gasteiger charge is 2.10. The lowest BCUT2D eigenvalue weighted by Crippen LogP contribution is -2.02. The lowest BCUT2D eigenvalue weighted by molar-refractivity contribution is -0.384. The lowest BCUT2D eigenvalue weighted by atomic mass is 10.1. The highest BCUT2D eigenvalue weighted by molar-refractivity contribution is 7.99. The van der Waals surface area contributed by atoms with Gasteiger partial charge in [-0.05, 0) is 24.3 Å². The van der Waals surface area contributed by atoms with E-state index in [9.17, 15) is 14.9 Å². The van der Waals surface area contributed by atoms with Gasteiger partial charge in [-0.3, -0.25) is 14.9 Å². The van der Waals surface area contributed by atoms with E-state index in [-0.39, 0.29) is 12.1 Å². The Hall–Kier alpha value is -2.54. The van der Waals surface area contributed by atoms with Gasteiger partial charge in [0.25, 0.3) is 5.69 Å². The van der Waals surface area contributed by atoms with Gasteiger partial charge in [-0.2, -0.15) is 0 Å². The summed E-state index contributed by atoms with van der Waals surface area (Å²) >= 11 is 1.42.